The molecule has 7 nitrogen and oxygen atoms in total. The fourth-order valence-electron chi connectivity index (χ4n) is 2.27. The third-order valence-corrected chi connectivity index (χ3v) is 4.90. The van der Waals surface area contributed by atoms with E-state index < -0.39 is 18.0 Å². The minimum absolute atomic E-state index is 0.156. The van der Waals surface area contributed by atoms with Gasteiger partial charge in [-0.2, -0.15) is 0 Å². The van der Waals surface area contributed by atoms with Gasteiger partial charge in [0.2, 0.25) is 11.7 Å². The second kappa shape index (κ2) is 9.80. The van der Waals surface area contributed by atoms with Crippen LogP contribution >= 0.6 is 11.3 Å². The van der Waals surface area contributed by atoms with E-state index in [1.807, 2.05) is 6.92 Å². The number of aryl methyl sites for hydroxylation is 1. The van der Waals surface area contributed by atoms with Crippen LogP contribution in [0.3, 0.4) is 0 Å². The summed E-state index contributed by atoms with van der Waals surface area (Å²) >= 11 is 1.23. The van der Waals surface area contributed by atoms with Gasteiger partial charge in [-0.25, -0.2) is 0 Å². The summed E-state index contributed by atoms with van der Waals surface area (Å²) in [5, 5.41) is 5.13. The zero-order valence-corrected chi connectivity index (χ0v) is 16.7. The Morgan fingerprint density at radius 3 is 2.36 bits per heavy atom. The van der Waals surface area contributed by atoms with Crippen LogP contribution in [0.2, 0.25) is 0 Å². The van der Waals surface area contributed by atoms with Gasteiger partial charge in [0.25, 0.3) is 5.91 Å². The summed E-state index contributed by atoms with van der Waals surface area (Å²) in [5.41, 5.74) is 1.46. The lowest BCUT2D eigenvalue weighted by Gasteiger charge is -2.12. The lowest BCUT2D eigenvalue weighted by Crippen LogP contribution is -2.33. The molecule has 0 aliphatic rings. The summed E-state index contributed by atoms with van der Waals surface area (Å²) in [5.74, 6) is -1.58. The van der Waals surface area contributed by atoms with Crippen molar-refractivity contribution in [3.63, 3.8) is 0 Å². The Balaban J connectivity index is 1.82. The molecule has 1 aromatic carbocycles. The SMILES string of the molecule is CC(=O)NCc1ccc(C(=O)C(C)OC(=O)CNC(=O)c2ccc(C)cc2)s1. The standard InChI is InChI=1S/C20H22N2O5S/c1-12-4-6-15(7-5-12)20(26)22-11-18(24)27-13(2)19(25)17-9-8-16(28-17)10-21-14(3)23/h4-9,13H,10-11H2,1-3H3,(H,21,23)(H,22,26). The minimum atomic E-state index is -0.976. The van der Waals surface area contributed by atoms with Crippen LogP contribution in [0.1, 0.15) is 44.3 Å². The molecule has 2 amide bonds. The van der Waals surface area contributed by atoms with Crippen LogP contribution < -0.4 is 10.6 Å². The topological polar surface area (TPSA) is 102 Å². The number of hydrogen-bond acceptors (Lipinski definition) is 6. The smallest absolute Gasteiger partial charge is 0.326 e. The molecule has 2 rings (SSSR count). The van der Waals surface area contributed by atoms with Gasteiger partial charge in [-0.1, -0.05) is 17.7 Å². The van der Waals surface area contributed by atoms with Crippen molar-refractivity contribution < 1.29 is 23.9 Å². The fraction of sp³-hybridized carbons (Fsp3) is 0.300. The molecule has 148 valence electrons. The minimum Gasteiger partial charge on any atom is -0.453 e. The number of ether oxygens (including phenoxy) is 1. The molecule has 1 heterocycles. The second-order valence-electron chi connectivity index (χ2n) is 6.22. The van der Waals surface area contributed by atoms with Crippen molar-refractivity contribution in [3.8, 4) is 0 Å². The first kappa shape index (κ1) is 21.3. The number of carbonyl (C=O) groups is 4. The van der Waals surface area contributed by atoms with E-state index in [4.69, 9.17) is 4.74 Å². The Bertz CT molecular complexity index is 873. The lowest BCUT2D eigenvalue weighted by atomic mass is 10.1. The zero-order chi connectivity index (χ0) is 20.7. The fourth-order valence-corrected chi connectivity index (χ4v) is 3.23. The number of amides is 2. The molecule has 0 radical (unpaired) electrons. The maximum Gasteiger partial charge on any atom is 0.326 e. The highest BCUT2D eigenvalue weighted by atomic mass is 32.1. The summed E-state index contributed by atoms with van der Waals surface area (Å²) in [6.45, 7) is 4.82. The van der Waals surface area contributed by atoms with E-state index in [2.05, 4.69) is 10.6 Å². The van der Waals surface area contributed by atoms with Crippen LogP contribution in [0.25, 0.3) is 0 Å². The number of ketones is 1. The maximum atomic E-state index is 12.4. The maximum absolute atomic E-state index is 12.4. The molecule has 0 fully saturated rings. The van der Waals surface area contributed by atoms with Gasteiger partial charge < -0.3 is 15.4 Å². The van der Waals surface area contributed by atoms with Crippen molar-refractivity contribution in [1.29, 1.82) is 0 Å². The van der Waals surface area contributed by atoms with Gasteiger partial charge in [0.15, 0.2) is 6.10 Å². The van der Waals surface area contributed by atoms with Crippen LogP contribution in [0, 0.1) is 6.92 Å². The van der Waals surface area contributed by atoms with Gasteiger partial charge in [0.1, 0.15) is 6.54 Å². The molecule has 0 aliphatic carbocycles. The molecule has 28 heavy (non-hydrogen) atoms. The molecule has 0 aliphatic heterocycles. The van der Waals surface area contributed by atoms with E-state index in [0.717, 1.165) is 10.4 Å². The van der Waals surface area contributed by atoms with E-state index in [9.17, 15) is 19.2 Å². The first-order valence-corrected chi connectivity index (χ1v) is 9.49. The number of hydrogen-bond donors (Lipinski definition) is 2. The highest BCUT2D eigenvalue weighted by molar-refractivity contribution is 7.14. The Morgan fingerprint density at radius 2 is 1.71 bits per heavy atom. The number of benzene rings is 1. The van der Waals surface area contributed by atoms with Crippen molar-refractivity contribution >= 4 is 34.9 Å². The van der Waals surface area contributed by atoms with Crippen LogP contribution in [0.4, 0.5) is 0 Å². The van der Waals surface area contributed by atoms with Crippen molar-refractivity contribution in [3.05, 3.63) is 57.3 Å². The number of Topliss-reactive ketones (excluding diaryl/α,β-unsaturated/α-hetero) is 1. The molecule has 0 bridgehead atoms. The summed E-state index contributed by atoms with van der Waals surface area (Å²) in [6.07, 6.45) is -0.976. The molecule has 1 unspecified atom stereocenters. The van der Waals surface area contributed by atoms with E-state index >= 15 is 0 Å². The van der Waals surface area contributed by atoms with Crippen molar-refractivity contribution in [2.45, 2.75) is 33.4 Å². The molecular formula is C20H22N2O5S. The molecule has 8 heteroatoms. The number of esters is 1. The second-order valence-corrected chi connectivity index (χ2v) is 7.39. The molecule has 1 aromatic heterocycles. The molecule has 1 atom stereocenters. The van der Waals surface area contributed by atoms with E-state index in [1.54, 1.807) is 36.4 Å². The van der Waals surface area contributed by atoms with Gasteiger partial charge in [-0.05, 0) is 38.1 Å². The zero-order valence-electron chi connectivity index (χ0n) is 15.9. The van der Waals surface area contributed by atoms with Gasteiger partial charge in [-0.15, -0.1) is 11.3 Å². The molecule has 0 saturated heterocycles. The third kappa shape index (κ3) is 6.31. The first-order chi connectivity index (χ1) is 13.3. The first-order valence-electron chi connectivity index (χ1n) is 8.68. The number of thiophene rings is 1. The van der Waals surface area contributed by atoms with E-state index in [-0.39, 0.29) is 18.2 Å². The van der Waals surface area contributed by atoms with Gasteiger partial charge >= 0.3 is 5.97 Å². The molecule has 0 saturated carbocycles. The molecule has 2 aromatic rings. The van der Waals surface area contributed by atoms with Crippen LogP contribution in [-0.2, 0) is 20.9 Å². The number of carbonyl (C=O) groups excluding carboxylic acids is 4. The average molecular weight is 402 g/mol. The quantitative estimate of drug-likeness (QED) is 0.521. The monoisotopic (exact) mass is 402 g/mol. The Kier molecular flexibility index (Phi) is 7.45. The van der Waals surface area contributed by atoms with Crippen molar-refractivity contribution in [1.82, 2.24) is 10.6 Å². The molecular weight excluding hydrogens is 380 g/mol. The highest BCUT2D eigenvalue weighted by Crippen LogP contribution is 2.19. The number of nitrogens with one attached hydrogen (secondary N) is 2. The van der Waals surface area contributed by atoms with E-state index in [1.165, 1.54) is 25.2 Å². The summed E-state index contributed by atoms with van der Waals surface area (Å²) in [4.78, 5) is 48.5. The van der Waals surface area contributed by atoms with Crippen LogP contribution in [0.15, 0.2) is 36.4 Å². The Morgan fingerprint density at radius 1 is 1.04 bits per heavy atom. The normalized spacial score (nSPS) is 11.4. The third-order valence-electron chi connectivity index (χ3n) is 3.80. The predicted octanol–water partition coefficient (Wildman–Crippen LogP) is 2.24. The molecule has 0 spiro atoms. The average Bonchev–Trinajstić information content (AvgIpc) is 3.13. The van der Waals surface area contributed by atoms with Gasteiger partial charge in [-0.3, -0.25) is 19.2 Å². The van der Waals surface area contributed by atoms with Crippen molar-refractivity contribution in [2.75, 3.05) is 6.54 Å². The van der Waals surface area contributed by atoms with Gasteiger partial charge in [0, 0.05) is 17.4 Å². The highest BCUT2D eigenvalue weighted by Gasteiger charge is 2.21. The van der Waals surface area contributed by atoms with Gasteiger partial charge in [0.05, 0.1) is 11.4 Å². The molecule has 2 N–H and O–H groups in total. The largest absolute Gasteiger partial charge is 0.453 e. The van der Waals surface area contributed by atoms with Crippen molar-refractivity contribution in [2.24, 2.45) is 0 Å². The predicted molar refractivity (Wildman–Crippen MR) is 105 cm³/mol. The Labute approximate surface area is 167 Å². The lowest BCUT2D eigenvalue weighted by molar-refractivity contribution is -0.145. The van der Waals surface area contributed by atoms with Crippen LogP contribution in [-0.4, -0.2) is 36.2 Å². The summed E-state index contributed by atoms with van der Waals surface area (Å²) < 4.78 is 5.11. The number of rotatable bonds is 8. The summed E-state index contributed by atoms with van der Waals surface area (Å²) in [6, 6.07) is 10.3. The Hall–Kier alpha value is -3.00. The van der Waals surface area contributed by atoms with Crippen LogP contribution in [0.5, 0.6) is 0 Å². The van der Waals surface area contributed by atoms with E-state index in [0.29, 0.717) is 17.0 Å². The summed E-state index contributed by atoms with van der Waals surface area (Å²) in [7, 11) is 0.